The second kappa shape index (κ2) is 7.06. The molecule has 0 amide bonds. The Morgan fingerprint density at radius 3 is 3.00 bits per heavy atom. The lowest BCUT2D eigenvalue weighted by molar-refractivity contribution is -0.108. The molecule has 132 valence electrons. The standard InChI is InChI=1S/C15H13ClF2N4O3/c1-22-12(6-23)20-9-2-3-13(21-14(9)22)25-15-10(24-7-11(17)18)4-8(16)5-19-15/h2-6,11-12,20H,7H2,1H3. The third kappa shape index (κ3) is 3.71. The predicted molar refractivity (Wildman–Crippen MR) is 86.9 cm³/mol. The molecule has 0 fully saturated rings. The molecule has 1 aliphatic rings. The molecule has 1 N–H and O–H groups in total. The minimum absolute atomic E-state index is 0.0210. The van der Waals surface area contributed by atoms with Gasteiger partial charge in [-0.05, 0) is 6.07 Å². The topological polar surface area (TPSA) is 76.6 Å². The second-order valence-electron chi connectivity index (χ2n) is 5.12. The molecule has 0 aromatic carbocycles. The van der Waals surface area contributed by atoms with Gasteiger partial charge in [0, 0.05) is 25.4 Å². The number of pyridine rings is 2. The van der Waals surface area contributed by atoms with Crippen LogP contribution < -0.4 is 19.7 Å². The molecule has 0 saturated heterocycles. The molecular formula is C15H13ClF2N4O3. The average Bonchev–Trinajstić information content (AvgIpc) is 2.91. The molecule has 0 radical (unpaired) electrons. The zero-order valence-corrected chi connectivity index (χ0v) is 13.7. The Morgan fingerprint density at radius 1 is 1.48 bits per heavy atom. The first-order chi connectivity index (χ1) is 12.0. The van der Waals surface area contributed by atoms with Gasteiger partial charge in [0.25, 0.3) is 12.3 Å². The number of nitrogens with one attached hydrogen (secondary N) is 1. The van der Waals surface area contributed by atoms with Crippen molar-refractivity contribution in [2.75, 3.05) is 23.9 Å². The monoisotopic (exact) mass is 370 g/mol. The van der Waals surface area contributed by atoms with Gasteiger partial charge in [0.05, 0.1) is 10.7 Å². The maximum atomic E-state index is 12.4. The number of aldehydes is 1. The molecule has 0 saturated carbocycles. The third-order valence-corrected chi connectivity index (χ3v) is 3.59. The SMILES string of the molecule is CN1c2nc(Oc3ncc(Cl)cc3OCC(F)F)ccc2NC1C=O. The number of hydrogen-bond acceptors (Lipinski definition) is 7. The normalized spacial score (nSPS) is 15.7. The highest BCUT2D eigenvalue weighted by Gasteiger charge is 2.27. The van der Waals surface area contributed by atoms with Crippen LogP contribution in [0.4, 0.5) is 20.3 Å². The summed E-state index contributed by atoms with van der Waals surface area (Å²) in [4.78, 5) is 20.9. The van der Waals surface area contributed by atoms with Crippen molar-refractivity contribution in [2.24, 2.45) is 0 Å². The number of alkyl halides is 2. The Hall–Kier alpha value is -2.68. The number of halogens is 3. The molecule has 0 bridgehead atoms. The molecule has 1 unspecified atom stereocenters. The van der Waals surface area contributed by atoms with Crippen molar-refractivity contribution in [3.05, 3.63) is 29.4 Å². The van der Waals surface area contributed by atoms with E-state index in [1.54, 1.807) is 24.1 Å². The maximum Gasteiger partial charge on any atom is 0.272 e. The van der Waals surface area contributed by atoms with Crippen molar-refractivity contribution in [3.8, 4) is 17.5 Å². The summed E-state index contributed by atoms with van der Waals surface area (Å²) < 4.78 is 35.3. The molecule has 3 rings (SSSR count). The predicted octanol–water partition coefficient (Wildman–Crippen LogP) is 2.95. The van der Waals surface area contributed by atoms with Crippen molar-refractivity contribution in [2.45, 2.75) is 12.6 Å². The number of nitrogens with zero attached hydrogens (tertiary/aromatic N) is 3. The van der Waals surface area contributed by atoms with E-state index in [-0.39, 0.29) is 22.5 Å². The van der Waals surface area contributed by atoms with Gasteiger partial charge in [-0.2, -0.15) is 4.98 Å². The number of anilines is 2. The van der Waals surface area contributed by atoms with Crippen LogP contribution in [-0.4, -0.2) is 42.5 Å². The van der Waals surface area contributed by atoms with Crippen LogP contribution in [0.25, 0.3) is 0 Å². The summed E-state index contributed by atoms with van der Waals surface area (Å²) in [5.41, 5.74) is 0.671. The first-order valence-corrected chi connectivity index (χ1v) is 7.56. The lowest BCUT2D eigenvalue weighted by Gasteiger charge is -2.15. The number of carbonyl (C=O) groups excluding carboxylic acids is 1. The minimum atomic E-state index is -2.65. The quantitative estimate of drug-likeness (QED) is 0.783. The summed E-state index contributed by atoms with van der Waals surface area (Å²) in [5.74, 6) is 0.611. The van der Waals surface area contributed by atoms with E-state index in [0.717, 1.165) is 6.29 Å². The van der Waals surface area contributed by atoms with E-state index in [1.165, 1.54) is 12.3 Å². The van der Waals surface area contributed by atoms with Gasteiger partial charge in [-0.25, -0.2) is 13.8 Å². The minimum Gasteiger partial charge on any atom is -0.482 e. The van der Waals surface area contributed by atoms with Gasteiger partial charge in [-0.1, -0.05) is 11.6 Å². The lowest BCUT2D eigenvalue weighted by Crippen LogP contribution is -2.33. The highest BCUT2D eigenvalue weighted by molar-refractivity contribution is 6.30. The summed E-state index contributed by atoms with van der Waals surface area (Å²) in [7, 11) is 1.70. The summed E-state index contributed by atoms with van der Waals surface area (Å²) >= 11 is 5.81. The molecule has 1 atom stereocenters. The van der Waals surface area contributed by atoms with E-state index in [0.29, 0.717) is 11.5 Å². The van der Waals surface area contributed by atoms with E-state index in [9.17, 15) is 13.6 Å². The average molecular weight is 371 g/mol. The highest BCUT2D eigenvalue weighted by Crippen LogP contribution is 2.36. The molecule has 2 aromatic rings. The number of likely N-dealkylation sites (N-methyl/N-ethyl adjacent to an activating group) is 1. The zero-order valence-electron chi connectivity index (χ0n) is 12.9. The van der Waals surface area contributed by atoms with Crippen molar-refractivity contribution in [1.82, 2.24) is 9.97 Å². The Kier molecular flexibility index (Phi) is 4.84. The van der Waals surface area contributed by atoms with E-state index < -0.39 is 19.2 Å². The summed E-state index contributed by atoms with van der Waals surface area (Å²) in [5, 5.41) is 3.19. The van der Waals surface area contributed by atoms with Gasteiger partial charge in [0.2, 0.25) is 5.88 Å². The molecule has 7 nitrogen and oxygen atoms in total. The Balaban J connectivity index is 1.84. The van der Waals surface area contributed by atoms with Gasteiger partial charge in [-0.3, -0.25) is 4.79 Å². The Bertz CT molecular complexity index is 793. The molecule has 1 aliphatic heterocycles. The number of aromatic nitrogens is 2. The van der Waals surface area contributed by atoms with Gasteiger partial charge in [0.15, 0.2) is 24.0 Å². The largest absolute Gasteiger partial charge is 0.482 e. The van der Waals surface area contributed by atoms with Crippen molar-refractivity contribution in [1.29, 1.82) is 0 Å². The number of fused-ring (bicyclic) bond motifs is 1. The van der Waals surface area contributed by atoms with Crippen LogP contribution in [0.5, 0.6) is 17.5 Å². The van der Waals surface area contributed by atoms with Crippen LogP contribution in [0, 0.1) is 0 Å². The number of carbonyl (C=O) groups is 1. The van der Waals surface area contributed by atoms with Crippen molar-refractivity contribution in [3.63, 3.8) is 0 Å². The van der Waals surface area contributed by atoms with E-state index >= 15 is 0 Å². The van der Waals surface area contributed by atoms with Crippen LogP contribution in [0.1, 0.15) is 0 Å². The van der Waals surface area contributed by atoms with Crippen LogP contribution in [0.15, 0.2) is 24.4 Å². The lowest BCUT2D eigenvalue weighted by atomic mass is 10.4. The first-order valence-electron chi connectivity index (χ1n) is 7.18. The third-order valence-electron chi connectivity index (χ3n) is 3.38. The maximum absolute atomic E-state index is 12.4. The van der Waals surface area contributed by atoms with E-state index in [2.05, 4.69) is 15.3 Å². The van der Waals surface area contributed by atoms with Gasteiger partial charge < -0.3 is 19.7 Å². The fourth-order valence-corrected chi connectivity index (χ4v) is 2.37. The number of hydrogen-bond donors (Lipinski definition) is 1. The molecule has 0 spiro atoms. The van der Waals surface area contributed by atoms with E-state index in [1.807, 2.05) is 0 Å². The summed E-state index contributed by atoms with van der Waals surface area (Å²) in [6, 6.07) is 4.57. The molecular weight excluding hydrogens is 358 g/mol. The fourth-order valence-electron chi connectivity index (χ4n) is 2.22. The van der Waals surface area contributed by atoms with Gasteiger partial charge in [-0.15, -0.1) is 0 Å². The zero-order chi connectivity index (χ0) is 18.0. The molecule has 25 heavy (non-hydrogen) atoms. The van der Waals surface area contributed by atoms with Crippen molar-refractivity contribution >= 4 is 29.4 Å². The summed E-state index contributed by atoms with van der Waals surface area (Å²) in [6.07, 6.45) is -1.12. The van der Waals surface area contributed by atoms with Gasteiger partial charge in [0.1, 0.15) is 6.61 Å². The van der Waals surface area contributed by atoms with Gasteiger partial charge >= 0.3 is 0 Å². The van der Waals surface area contributed by atoms with Crippen molar-refractivity contribution < 1.29 is 23.0 Å². The fraction of sp³-hybridized carbons (Fsp3) is 0.267. The molecule has 10 heteroatoms. The molecule has 3 heterocycles. The summed E-state index contributed by atoms with van der Waals surface area (Å²) in [6.45, 7) is -0.816. The van der Waals surface area contributed by atoms with E-state index in [4.69, 9.17) is 21.1 Å². The molecule has 2 aromatic heterocycles. The molecule has 0 aliphatic carbocycles. The van der Waals surface area contributed by atoms with Crippen LogP contribution in [0.3, 0.4) is 0 Å². The van der Waals surface area contributed by atoms with Crippen LogP contribution in [-0.2, 0) is 4.79 Å². The number of ether oxygens (including phenoxy) is 2. The smallest absolute Gasteiger partial charge is 0.272 e. The number of rotatable bonds is 6. The highest BCUT2D eigenvalue weighted by atomic mass is 35.5. The first kappa shape index (κ1) is 17.2. The van der Waals surface area contributed by atoms with Crippen LogP contribution in [0.2, 0.25) is 5.02 Å². The Labute approximate surface area is 146 Å². The van der Waals surface area contributed by atoms with Crippen LogP contribution >= 0.6 is 11.6 Å². The Morgan fingerprint density at radius 2 is 2.28 bits per heavy atom. The second-order valence-corrected chi connectivity index (χ2v) is 5.55.